The fraction of sp³-hybridized carbons (Fsp3) is 0.471. The van der Waals surface area contributed by atoms with E-state index in [1.165, 1.54) is 6.42 Å². The monoisotopic (exact) mass is 317 g/mol. The van der Waals surface area contributed by atoms with Crippen molar-refractivity contribution in [1.29, 1.82) is 0 Å². The number of ether oxygens (including phenoxy) is 1. The van der Waals surface area contributed by atoms with E-state index in [2.05, 4.69) is 23.3 Å². The highest BCUT2D eigenvalue weighted by atomic mass is 32.1. The number of hydrogen-bond donors (Lipinski definition) is 1. The maximum atomic E-state index is 5.88. The van der Waals surface area contributed by atoms with Gasteiger partial charge in [0.2, 0.25) is 0 Å². The quantitative estimate of drug-likeness (QED) is 0.921. The van der Waals surface area contributed by atoms with Gasteiger partial charge in [-0.15, -0.1) is 11.3 Å². The van der Waals surface area contributed by atoms with Crippen LogP contribution in [0.4, 0.5) is 0 Å². The van der Waals surface area contributed by atoms with Gasteiger partial charge in [-0.2, -0.15) is 0 Å². The Morgan fingerprint density at radius 2 is 2.32 bits per heavy atom. The van der Waals surface area contributed by atoms with Crippen molar-refractivity contribution in [2.45, 2.75) is 19.9 Å². The normalized spacial score (nSPS) is 22.1. The van der Waals surface area contributed by atoms with Gasteiger partial charge < -0.3 is 10.5 Å². The molecule has 1 aromatic heterocycles. The number of hydrogen-bond acceptors (Lipinski definition) is 5. The minimum absolute atomic E-state index is 0.269. The first-order valence-corrected chi connectivity index (χ1v) is 8.51. The van der Waals surface area contributed by atoms with Crippen molar-refractivity contribution in [3.63, 3.8) is 0 Å². The fourth-order valence-electron chi connectivity index (χ4n) is 2.92. The molecule has 1 unspecified atom stereocenters. The van der Waals surface area contributed by atoms with Gasteiger partial charge in [-0.25, -0.2) is 4.98 Å². The zero-order valence-corrected chi connectivity index (χ0v) is 14.0. The highest BCUT2D eigenvalue weighted by molar-refractivity contribution is 7.13. The van der Waals surface area contributed by atoms with Crippen LogP contribution in [0.2, 0.25) is 0 Å². The van der Waals surface area contributed by atoms with Crippen molar-refractivity contribution in [2.75, 3.05) is 26.7 Å². The summed E-state index contributed by atoms with van der Waals surface area (Å²) in [7, 11) is 1.69. The lowest BCUT2D eigenvalue weighted by Crippen LogP contribution is -2.31. The summed E-state index contributed by atoms with van der Waals surface area (Å²) in [5, 5.41) is 3.21. The lowest BCUT2D eigenvalue weighted by Gasteiger charge is -2.22. The van der Waals surface area contributed by atoms with Gasteiger partial charge in [0.1, 0.15) is 10.8 Å². The number of aromatic nitrogens is 1. The molecule has 5 heteroatoms. The molecule has 0 radical (unpaired) electrons. The first-order chi connectivity index (χ1) is 10.6. The summed E-state index contributed by atoms with van der Waals surface area (Å²) >= 11 is 1.69. The Morgan fingerprint density at radius 3 is 3.05 bits per heavy atom. The third-order valence-corrected chi connectivity index (χ3v) is 5.32. The van der Waals surface area contributed by atoms with E-state index in [0.717, 1.165) is 48.2 Å². The molecule has 1 aromatic carbocycles. The molecule has 22 heavy (non-hydrogen) atoms. The van der Waals surface area contributed by atoms with E-state index in [1.807, 2.05) is 18.2 Å². The number of rotatable bonds is 5. The maximum absolute atomic E-state index is 5.88. The molecule has 1 aliphatic rings. The highest BCUT2D eigenvalue weighted by Crippen LogP contribution is 2.31. The van der Waals surface area contributed by atoms with E-state index < -0.39 is 0 Å². The van der Waals surface area contributed by atoms with Crippen LogP contribution in [0.25, 0.3) is 10.6 Å². The number of thiazole rings is 1. The Balaban J connectivity index is 1.69. The molecule has 1 fully saturated rings. The largest absolute Gasteiger partial charge is 0.497 e. The average Bonchev–Trinajstić information content (AvgIpc) is 3.15. The van der Waals surface area contributed by atoms with Crippen molar-refractivity contribution < 1.29 is 4.74 Å². The van der Waals surface area contributed by atoms with Crippen LogP contribution in [0.5, 0.6) is 5.75 Å². The van der Waals surface area contributed by atoms with Crippen molar-refractivity contribution in [2.24, 2.45) is 11.1 Å². The fourth-order valence-corrected chi connectivity index (χ4v) is 3.73. The lowest BCUT2D eigenvalue weighted by atomic mass is 9.90. The highest BCUT2D eigenvalue weighted by Gasteiger charge is 2.32. The van der Waals surface area contributed by atoms with Crippen molar-refractivity contribution in [1.82, 2.24) is 9.88 Å². The zero-order valence-electron chi connectivity index (χ0n) is 13.2. The number of nitrogens with two attached hydrogens (primary N) is 1. The Labute approximate surface area is 135 Å². The third-order valence-electron chi connectivity index (χ3n) is 4.38. The van der Waals surface area contributed by atoms with Gasteiger partial charge in [-0.1, -0.05) is 19.1 Å². The second-order valence-corrected chi connectivity index (χ2v) is 7.21. The first-order valence-electron chi connectivity index (χ1n) is 7.63. The summed E-state index contributed by atoms with van der Waals surface area (Å²) < 4.78 is 5.28. The average molecular weight is 317 g/mol. The Bertz CT molecular complexity index is 642. The van der Waals surface area contributed by atoms with Gasteiger partial charge in [0.25, 0.3) is 0 Å². The number of likely N-dealkylation sites (tertiary alicyclic amines) is 1. The van der Waals surface area contributed by atoms with Gasteiger partial charge in [0, 0.05) is 24.0 Å². The molecule has 3 rings (SSSR count). The lowest BCUT2D eigenvalue weighted by molar-refractivity contribution is 0.272. The smallest absolute Gasteiger partial charge is 0.123 e. The summed E-state index contributed by atoms with van der Waals surface area (Å²) in [4.78, 5) is 7.24. The van der Waals surface area contributed by atoms with E-state index in [-0.39, 0.29) is 5.41 Å². The molecule has 4 nitrogen and oxygen atoms in total. The van der Waals surface area contributed by atoms with Crippen LogP contribution in [0, 0.1) is 5.41 Å². The molecule has 0 saturated carbocycles. The second-order valence-electron chi connectivity index (χ2n) is 6.35. The first kappa shape index (κ1) is 15.5. The van der Waals surface area contributed by atoms with E-state index in [9.17, 15) is 0 Å². The van der Waals surface area contributed by atoms with Gasteiger partial charge in [0.15, 0.2) is 0 Å². The van der Waals surface area contributed by atoms with Gasteiger partial charge >= 0.3 is 0 Å². The number of benzene rings is 1. The summed E-state index contributed by atoms with van der Waals surface area (Å²) in [5.41, 5.74) is 8.41. The molecular formula is C17H23N3OS. The summed E-state index contributed by atoms with van der Waals surface area (Å²) in [5.74, 6) is 0.868. The minimum atomic E-state index is 0.269. The molecule has 1 atom stereocenters. The van der Waals surface area contributed by atoms with E-state index in [4.69, 9.17) is 15.5 Å². The van der Waals surface area contributed by atoms with E-state index >= 15 is 0 Å². The number of nitrogens with zero attached hydrogens (tertiary/aromatic N) is 2. The van der Waals surface area contributed by atoms with Gasteiger partial charge in [-0.3, -0.25) is 4.90 Å². The molecule has 1 saturated heterocycles. The Morgan fingerprint density at radius 1 is 1.45 bits per heavy atom. The minimum Gasteiger partial charge on any atom is -0.497 e. The molecule has 0 amide bonds. The molecule has 2 aromatic rings. The topological polar surface area (TPSA) is 51.4 Å². The number of methoxy groups -OCH3 is 1. The summed E-state index contributed by atoms with van der Waals surface area (Å²) in [6.07, 6.45) is 1.18. The molecule has 2 heterocycles. The predicted molar refractivity (Wildman–Crippen MR) is 91.2 cm³/mol. The van der Waals surface area contributed by atoms with Crippen molar-refractivity contribution >= 4 is 11.3 Å². The van der Waals surface area contributed by atoms with Crippen molar-refractivity contribution in [3.05, 3.63) is 35.3 Å². The van der Waals surface area contributed by atoms with Crippen LogP contribution in [-0.2, 0) is 6.54 Å². The maximum Gasteiger partial charge on any atom is 0.123 e. The molecular weight excluding hydrogens is 294 g/mol. The molecule has 0 aliphatic carbocycles. The van der Waals surface area contributed by atoms with Gasteiger partial charge in [0.05, 0.1) is 12.8 Å². The predicted octanol–water partition coefficient (Wildman–Crippen LogP) is 2.99. The summed E-state index contributed by atoms with van der Waals surface area (Å²) in [6.45, 7) is 6.12. The second kappa shape index (κ2) is 6.36. The molecule has 2 N–H and O–H groups in total. The van der Waals surface area contributed by atoms with Gasteiger partial charge in [-0.05, 0) is 37.1 Å². The van der Waals surface area contributed by atoms with Crippen LogP contribution in [0.3, 0.4) is 0 Å². The van der Waals surface area contributed by atoms with Crippen LogP contribution in [0.15, 0.2) is 29.6 Å². The molecule has 118 valence electrons. The van der Waals surface area contributed by atoms with Crippen LogP contribution < -0.4 is 10.5 Å². The standard InChI is InChI=1S/C17H23N3OS/c1-17(11-18)6-7-20(12-17)9-14-10-22-16(19-14)13-4-3-5-15(8-13)21-2/h3-5,8,10H,6-7,9,11-12,18H2,1-2H3. The Kier molecular flexibility index (Phi) is 4.47. The molecule has 0 bridgehead atoms. The molecule has 0 spiro atoms. The van der Waals surface area contributed by atoms with Crippen LogP contribution in [-0.4, -0.2) is 36.6 Å². The van der Waals surface area contributed by atoms with Crippen molar-refractivity contribution in [3.8, 4) is 16.3 Å². The van der Waals surface area contributed by atoms with Crippen LogP contribution >= 0.6 is 11.3 Å². The van der Waals surface area contributed by atoms with Crippen LogP contribution in [0.1, 0.15) is 19.0 Å². The third kappa shape index (κ3) is 3.32. The zero-order chi connectivity index (χ0) is 15.6. The SMILES string of the molecule is COc1cccc(-c2nc(CN3CCC(C)(CN)C3)cs2)c1. The van der Waals surface area contributed by atoms with E-state index in [0.29, 0.717) is 0 Å². The van der Waals surface area contributed by atoms with E-state index in [1.54, 1.807) is 18.4 Å². The molecule has 1 aliphatic heterocycles. The summed E-state index contributed by atoms with van der Waals surface area (Å²) in [6, 6.07) is 8.06. The Hall–Kier alpha value is -1.43.